The van der Waals surface area contributed by atoms with Crippen LogP contribution in [0.3, 0.4) is 0 Å². The van der Waals surface area contributed by atoms with Gasteiger partial charge in [0.1, 0.15) is 0 Å². The van der Waals surface area contributed by atoms with Gasteiger partial charge in [0.05, 0.1) is 10.6 Å². The molecule has 0 saturated carbocycles. The van der Waals surface area contributed by atoms with Crippen LogP contribution in [0.5, 0.6) is 0 Å². The molecule has 0 aromatic heterocycles. The zero-order chi connectivity index (χ0) is 14.8. The molecule has 0 atom stereocenters. The van der Waals surface area contributed by atoms with Crippen LogP contribution < -0.4 is 10.5 Å². The molecule has 0 aliphatic rings. The summed E-state index contributed by atoms with van der Waals surface area (Å²) in [5.41, 5.74) is 7.77. The lowest BCUT2D eigenvalue weighted by Gasteiger charge is -2.11. The molecular weight excluding hydrogens is 272 g/mol. The molecule has 2 rings (SSSR count). The molecule has 102 valence electrons. The van der Waals surface area contributed by atoms with E-state index in [1.54, 1.807) is 43.3 Å². The number of anilines is 2. The van der Waals surface area contributed by atoms with E-state index >= 15 is 0 Å². The minimum Gasteiger partial charge on any atom is -0.399 e. The third kappa shape index (κ3) is 2.92. The van der Waals surface area contributed by atoms with Gasteiger partial charge in [0.2, 0.25) is 0 Å². The minimum absolute atomic E-state index is 0.192. The zero-order valence-corrected chi connectivity index (χ0v) is 11.7. The van der Waals surface area contributed by atoms with E-state index in [0.717, 1.165) is 0 Å². The molecule has 0 fully saturated rings. The van der Waals surface area contributed by atoms with Gasteiger partial charge in [-0.15, -0.1) is 6.42 Å². The maximum absolute atomic E-state index is 12.3. The van der Waals surface area contributed by atoms with E-state index in [1.807, 2.05) is 0 Å². The number of terminal acetylenes is 1. The number of aryl methyl sites for hydroxylation is 1. The van der Waals surface area contributed by atoms with E-state index < -0.39 is 10.0 Å². The average Bonchev–Trinajstić information content (AvgIpc) is 2.37. The van der Waals surface area contributed by atoms with Crippen molar-refractivity contribution in [3.05, 3.63) is 53.6 Å². The predicted octanol–water partition coefficient (Wildman–Crippen LogP) is 2.36. The van der Waals surface area contributed by atoms with Gasteiger partial charge in [0, 0.05) is 11.3 Å². The number of hydrogen-bond acceptors (Lipinski definition) is 3. The Labute approximate surface area is 118 Å². The molecule has 0 unspecified atom stereocenters. The van der Waals surface area contributed by atoms with Gasteiger partial charge in [-0.2, -0.15) is 0 Å². The zero-order valence-electron chi connectivity index (χ0n) is 10.9. The maximum atomic E-state index is 12.3. The predicted molar refractivity (Wildman–Crippen MR) is 80.8 cm³/mol. The van der Waals surface area contributed by atoms with Crippen molar-refractivity contribution in [2.24, 2.45) is 0 Å². The van der Waals surface area contributed by atoms with Crippen molar-refractivity contribution in [2.75, 3.05) is 10.5 Å². The molecule has 2 aromatic carbocycles. The summed E-state index contributed by atoms with van der Waals surface area (Å²) >= 11 is 0. The quantitative estimate of drug-likeness (QED) is 0.672. The van der Waals surface area contributed by atoms with E-state index in [9.17, 15) is 8.42 Å². The standard InChI is InChI=1S/C15H14N2O2S/c1-3-12-5-4-6-14(10-12)17-20(18,19)15-8-7-13(16)9-11(15)2/h1,4-10,17H,16H2,2H3. The van der Waals surface area contributed by atoms with Gasteiger partial charge in [0.25, 0.3) is 10.0 Å². The fraction of sp³-hybridized carbons (Fsp3) is 0.0667. The molecule has 3 N–H and O–H groups in total. The second kappa shape index (κ2) is 5.27. The van der Waals surface area contributed by atoms with E-state index in [-0.39, 0.29) is 4.90 Å². The summed E-state index contributed by atoms with van der Waals surface area (Å²) in [6, 6.07) is 11.3. The number of rotatable bonds is 3. The van der Waals surface area contributed by atoms with Crippen molar-refractivity contribution in [2.45, 2.75) is 11.8 Å². The Morgan fingerprint density at radius 3 is 2.60 bits per heavy atom. The third-order valence-corrected chi connectivity index (χ3v) is 4.31. The summed E-state index contributed by atoms with van der Waals surface area (Å²) in [5, 5.41) is 0. The van der Waals surface area contributed by atoms with E-state index in [1.165, 1.54) is 6.07 Å². The van der Waals surface area contributed by atoms with Crippen LogP contribution in [0.2, 0.25) is 0 Å². The van der Waals surface area contributed by atoms with Crippen LogP contribution in [0, 0.1) is 19.3 Å². The lowest BCUT2D eigenvalue weighted by atomic mass is 10.2. The second-order valence-corrected chi connectivity index (χ2v) is 6.01. The van der Waals surface area contributed by atoms with Gasteiger partial charge in [-0.25, -0.2) is 8.42 Å². The monoisotopic (exact) mass is 286 g/mol. The van der Waals surface area contributed by atoms with Crippen molar-refractivity contribution in [1.82, 2.24) is 0 Å². The highest BCUT2D eigenvalue weighted by Crippen LogP contribution is 2.21. The highest BCUT2D eigenvalue weighted by atomic mass is 32.2. The van der Waals surface area contributed by atoms with E-state index in [2.05, 4.69) is 10.6 Å². The summed E-state index contributed by atoms with van der Waals surface area (Å²) in [4.78, 5) is 0.192. The highest BCUT2D eigenvalue weighted by molar-refractivity contribution is 7.92. The average molecular weight is 286 g/mol. The number of nitrogens with two attached hydrogens (primary N) is 1. The molecule has 0 radical (unpaired) electrons. The Morgan fingerprint density at radius 1 is 1.20 bits per heavy atom. The SMILES string of the molecule is C#Cc1cccc(NS(=O)(=O)c2ccc(N)cc2C)c1. The van der Waals surface area contributed by atoms with Gasteiger partial charge < -0.3 is 5.73 Å². The number of nitrogen functional groups attached to an aromatic ring is 1. The topological polar surface area (TPSA) is 72.2 Å². The smallest absolute Gasteiger partial charge is 0.262 e. The molecule has 5 heteroatoms. The summed E-state index contributed by atoms with van der Waals surface area (Å²) in [6.07, 6.45) is 5.29. The van der Waals surface area contributed by atoms with E-state index in [0.29, 0.717) is 22.5 Å². The molecule has 4 nitrogen and oxygen atoms in total. The first-order valence-corrected chi connectivity index (χ1v) is 7.36. The Hall–Kier alpha value is -2.45. The number of benzene rings is 2. The lowest BCUT2D eigenvalue weighted by Crippen LogP contribution is -2.14. The summed E-state index contributed by atoms with van der Waals surface area (Å²) in [7, 11) is -3.66. The van der Waals surface area contributed by atoms with Crippen LogP contribution in [0.4, 0.5) is 11.4 Å². The molecule has 0 heterocycles. The van der Waals surface area contributed by atoms with Crippen LogP contribution in [0.1, 0.15) is 11.1 Å². The third-order valence-electron chi connectivity index (χ3n) is 2.77. The largest absolute Gasteiger partial charge is 0.399 e. The van der Waals surface area contributed by atoms with Crippen LogP contribution >= 0.6 is 0 Å². The Kier molecular flexibility index (Phi) is 3.68. The Morgan fingerprint density at radius 2 is 1.95 bits per heavy atom. The lowest BCUT2D eigenvalue weighted by molar-refractivity contribution is 0.600. The van der Waals surface area contributed by atoms with Gasteiger partial charge in [0.15, 0.2) is 0 Å². The van der Waals surface area contributed by atoms with Crippen LogP contribution in [-0.4, -0.2) is 8.42 Å². The molecule has 0 aliphatic carbocycles. The van der Waals surface area contributed by atoms with Crippen molar-refractivity contribution in [1.29, 1.82) is 0 Å². The van der Waals surface area contributed by atoms with Crippen LogP contribution in [-0.2, 0) is 10.0 Å². The second-order valence-electron chi connectivity index (χ2n) is 4.36. The maximum Gasteiger partial charge on any atom is 0.262 e. The number of hydrogen-bond donors (Lipinski definition) is 2. The fourth-order valence-corrected chi connectivity index (χ4v) is 3.13. The molecule has 0 amide bonds. The fourth-order valence-electron chi connectivity index (χ4n) is 1.86. The summed E-state index contributed by atoms with van der Waals surface area (Å²) in [6.45, 7) is 1.70. The normalized spacial score (nSPS) is 10.8. The van der Waals surface area contributed by atoms with Crippen molar-refractivity contribution in [3.63, 3.8) is 0 Å². The van der Waals surface area contributed by atoms with Gasteiger partial charge in [-0.05, 0) is 48.9 Å². The summed E-state index contributed by atoms with van der Waals surface area (Å²) < 4.78 is 27.2. The first-order valence-electron chi connectivity index (χ1n) is 5.88. The Bertz CT molecular complexity index is 790. The first kappa shape index (κ1) is 14.0. The minimum atomic E-state index is -3.66. The first-order chi connectivity index (χ1) is 9.42. The van der Waals surface area contributed by atoms with Gasteiger partial charge in [-0.3, -0.25) is 4.72 Å². The Balaban J connectivity index is 2.38. The number of sulfonamides is 1. The molecule has 2 aromatic rings. The molecule has 0 saturated heterocycles. The van der Waals surface area contributed by atoms with Crippen molar-refractivity contribution >= 4 is 21.4 Å². The van der Waals surface area contributed by atoms with Gasteiger partial charge in [-0.1, -0.05) is 12.0 Å². The molecule has 0 bridgehead atoms. The highest BCUT2D eigenvalue weighted by Gasteiger charge is 2.16. The van der Waals surface area contributed by atoms with Gasteiger partial charge >= 0.3 is 0 Å². The molecule has 20 heavy (non-hydrogen) atoms. The van der Waals surface area contributed by atoms with Crippen molar-refractivity contribution in [3.8, 4) is 12.3 Å². The molecular formula is C15H14N2O2S. The van der Waals surface area contributed by atoms with Crippen LogP contribution in [0.25, 0.3) is 0 Å². The van der Waals surface area contributed by atoms with Crippen LogP contribution in [0.15, 0.2) is 47.4 Å². The molecule has 0 spiro atoms. The molecule has 0 aliphatic heterocycles. The van der Waals surface area contributed by atoms with E-state index in [4.69, 9.17) is 12.2 Å². The van der Waals surface area contributed by atoms with Crippen molar-refractivity contribution < 1.29 is 8.42 Å². The summed E-state index contributed by atoms with van der Waals surface area (Å²) in [5.74, 6) is 2.46. The number of nitrogens with one attached hydrogen (secondary N) is 1.